The van der Waals surface area contributed by atoms with Gasteiger partial charge in [-0.15, -0.1) is 0 Å². The molecule has 0 bridgehead atoms. The van der Waals surface area contributed by atoms with E-state index in [4.69, 9.17) is 0 Å². The number of halogens is 2. The topological polar surface area (TPSA) is 24.9 Å². The second-order valence-corrected chi connectivity index (χ2v) is 4.98. The van der Waals surface area contributed by atoms with Crippen molar-refractivity contribution >= 4 is 15.9 Å². The van der Waals surface area contributed by atoms with Crippen LogP contribution in [0.3, 0.4) is 0 Å². The first-order valence-electron chi connectivity index (χ1n) is 5.74. The molecule has 1 aromatic heterocycles. The maximum Gasteiger partial charge on any atom is 0.124 e. The second-order valence-electron chi connectivity index (χ2n) is 4.12. The fourth-order valence-corrected chi connectivity index (χ4v) is 2.17. The van der Waals surface area contributed by atoms with Crippen LogP contribution < -0.4 is 5.32 Å². The molecule has 4 heteroatoms. The molecule has 0 saturated heterocycles. The minimum absolute atomic E-state index is 0.204. The van der Waals surface area contributed by atoms with Gasteiger partial charge in [0.25, 0.3) is 0 Å². The van der Waals surface area contributed by atoms with Crippen molar-refractivity contribution in [3.8, 4) is 0 Å². The Morgan fingerprint density at radius 1 is 1.39 bits per heavy atom. The van der Waals surface area contributed by atoms with Crippen LogP contribution in [-0.2, 0) is 6.54 Å². The summed E-state index contributed by atoms with van der Waals surface area (Å²) in [5, 5.41) is 3.38. The highest BCUT2D eigenvalue weighted by atomic mass is 79.9. The number of pyridine rings is 1. The van der Waals surface area contributed by atoms with Crippen molar-refractivity contribution < 1.29 is 4.39 Å². The van der Waals surface area contributed by atoms with Gasteiger partial charge in [0.05, 0.1) is 0 Å². The molecule has 0 saturated carbocycles. The summed E-state index contributed by atoms with van der Waals surface area (Å²) in [5.41, 5.74) is 2.17. The van der Waals surface area contributed by atoms with E-state index in [9.17, 15) is 4.39 Å². The molecule has 1 atom stereocenters. The molecule has 0 aliphatic heterocycles. The summed E-state index contributed by atoms with van der Waals surface area (Å²) < 4.78 is 13.7. The zero-order valence-corrected chi connectivity index (χ0v) is 11.6. The summed E-state index contributed by atoms with van der Waals surface area (Å²) in [4.78, 5) is 4.09. The molecule has 0 radical (unpaired) electrons. The molecule has 0 fully saturated rings. The van der Waals surface area contributed by atoms with Crippen molar-refractivity contribution in [2.24, 2.45) is 0 Å². The first kappa shape index (κ1) is 13.2. The maximum absolute atomic E-state index is 13.0. The molecule has 2 nitrogen and oxygen atoms in total. The van der Waals surface area contributed by atoms with E-state index >= 15 is 0 Å². The van der Waals surface area contributed by atoms with Crippen molar-refractivity contribution in [1.29, 1.82) is 0 Å². The van der Waals surface area contributed by atoms with Gasteiger partial charge in [-0.05, 0) is 36.2 Å². The Kier molecular flexibility index (Phi) is 4.44. The zero-order chi connectivity index (χ0) is 13.0. The van der Waals surface area contributed by atoms with Crippen LogP contribution in [0.25, 0.3) is 0 Å². The second kappa shape index (κ2) is 6.07. The summed E-state index contributed by atoms with van der Waals surface area (Å²) in [6.45, 7) is 2.76. The lowest BCUT2D eigenvalue weighted by atomic mass is 10.1. The van der Waals surface area contributed by atoms with Crippen molar-refractivity contribution in [3.63, 3.8) is 0 Å². The molecule has 1 aromatic carbocycles. The average molecular weight is 309 g/mol. The van der Waals surface area contributed by atoms with Gasteiger partial charge in [0.1, 0.15) is 5.82 Å². The zero-order valence-electron chi connectivity index (χ0n) is 10.0. The Morgan fingerprint density at radius 2 is 2.22 bits per heavy atom. The van der Waals surface area contributed by atoms with Crippen LogP contribution in [0.5, 0.6) is 0 Å². The summed E-state index contributed by atoms with van der Waals surface area (Å²) in [6, 6.07) is 8.88. The Morgan fingerprint density at radius 3 is 2.89 bits per heavy atom. The molecule has 2 aromatic rings. The summed E-state index contributed by atoms with van der Waals surface area (Å²) >= 11 is 3.36. The maximum atomic E-state index is 13.0. The molecule has 0 aliphatic carbocycles. The van der Waals surface area contributed by atoms with Gasteiger partial charge in [-0.3, -0.25) is 4.98 Å². The van der Waals surface area contributed by atoms with Gasteiger partial charge in [0.2, 0.25) is 0 Å². The van der Waals surface area contributed by atoms with E-state index in [0.29, 0.717) is 6.54 Å². The Balaban J connectivity index is 1.99. The Hall–Kier alpha value is -1.26. The molecule has 18 heavy (non-hydrogen) atoms. The molecule has 1 heterocycles. The van der Waals surface area contributed by atoms with Gasteiger partial charge in [-0.2, -0.15) is 0 Å². The van der Waals surface area contributed by atoms with Crippen LogP contribution in [0.1, 0.15) is 24.1 Å². The molecule has 94 valence electrons. The highest BCUT2D eigenvalue weighted by Gasteiger charge is 2.06. The van der Waals surface area contributed by atoms with Crippen molar-refractivity contribution in [2.75, 3.05) is 0 Å². The van der Waals surface area contributed by atoms with Crippen molar-refractivity contribution in [1.82, 2.24) is 10.3 Å². The normalized spacial score (nSPS) is 12.4. The van der Waals surface area contributed by atoms with Crippen LogP contribution in [0.15, 0.2) is 47.2 Å². The van der Waals surface area contributed by atoms with Crippen LogP contribution in [0.2, 0.25) is 0 Å². The number of nitrogens with one attached hydrogen (secondary N) is 1. The quantitative estimate of drug-likeness (QED) is 0.928. The van der Waals surface area contributed by atoms with E-state index in [2.05, 4.69) is 33.2 Å². The standard InChI is InChI=1S/C14H14BrFN2/c1-10(11-3-2-6-17-8-11)18-9-12-4-5-13(16)7-14(12)15/h2-8,10,18H,9H2,1H3/t10-/m0/s1. The predicted molar refractivity (Wildman–Crippen MR) is 73.6 cm³/mol. The fraction of sp³-hybridized carbons (Fsp3) is 0.214. The number of hydrogen-bond donors (Lipinski definition) is 1. The number of nitrogens with zero attached hydrogens (tertiary/aromatic N) is 1. The first-order chi connectivity index (χ1) is 8.66. The summed E-state index contributed by atoms with van der Waals surface area (Å²) in [7, 11) is 0. The summed E-state index contributed by atoms with van der Waals surface area (Å²) in [6.07, 6.45) is 3.60. The molecule has 0 amide bonds. The van der Waals surface area contributed by atoms with Gasteiger partial charge in [0.15, 0.2) is 0 Å². The van der Waals surface area contributed by atoms with Crippen LogP contribution in [-0.4, -0.2) is 4.98 Å². The highest BCUT2D eigenvalue weighted by molar-refractivity contribution is 9.10. The van der Waals surface area contributed by atoms with E-state index < -0.39 is 0 Å². The van der Waals surface area contributed by atoms with Gasteiger partial charge < -0.3 is 5.32 Å². The fourth-order valence-electron chi connectivity index (χ4n) is 1.68. The molecule has 0 aliphatic rings. The van der Waals surface area contributed by atoms with Crippen LogP contribution in [0.4, 0.5) is 4.39 Å². The first-order valence-corrected chi connectivity index (χ1v) is 6.53. The van der Waals surface area contributed by atoms with E-state index in [0.717, 1.165) is 15.6 Å². The van der Waals surface area contributed by atoms with Gasteiger partial charge >= 0.3 is 0 Å². The van der Waals surface area contributed by atoms with Crippen molar-refractivity contribution in [3.05, 3.63) is 64.1 Å². The Labute approximate surface area is 114 Å². The third kappa shape index (κ3) is 3.37. The number of rotatable bonds is 4. The lowest BCUT2D eigenvalue weighted by Crippen LogP contribution is -2.18. The number of aromatic nitrogens is 1. The minimum Gasteiger partial charge on any atom is -0.306 e. The van der Waals surface area contributed by atoms with E-state index in [-0.39, 0.29) is 11.9 Å². The van der Waals surface area contributed by atoms with E-state index in [1.165, 1.54) is 12.1 Å². The largest absolute Gasteiger partial charge is 0.306 e. The van der Waals surface area contributed by atoms with Crippen LogP contribution >= 0.6 is 15.9 Å². The lowest BCUT2D eigenvalue weighted by Gasteiger charge is -2.14. The van der Waals surface area contributed by atoms with Crippen LogP contribution in [0, 0.1) is 5.82 Å². The Bertz CT molecular complexity index is 516. The molecular weight excluding hydrogens is 295 g/mol. The minimum atomic E-state index is -0.231. The summed E-state index contributed by atoms with van der Waals surface area (Å²) in [5.74, 6) is -0.231. The molecule has 2 rings (SSSR count). The van der Waals surface area contributed by atoms with Gasteiger partial charge in [-0.25, -0.2) is 4.39 Å². The molecule has 0 spiro atoms. The molecule has 0 unspecified atom stereocenters. The third-order valence-corrected chi connectivity index (χ3v) is 3.54. The molecule has 1 N–H and O–H groups in total. The third-order valence-electron chi connectivity index (χ3n) is 2.80. The van der Waals surface area contributed by atoms with Gasteiger partial charge in [-0.1, -0.05) is 28.1 Å². The SMILES string of the molecule is C[C@H](NCc1ccc(F)cc1Br)c1cccnc1. The predicted octanol–water partition coefficient (Wildman–Crippen LogP) is 3.83. The van der Waals surface area contributed by atoms with Gasteiger partial charge in [0, 0.05) is 29.5 Å². The number of benzene rings is 1. The number of hydrogen-bond acceptors (Lipinski definition) is 2. The van der Waals surface area contributed by atoms with E-state index in [1.807, 2.05) is 18.3 Å². The lowest BCUT2D eigenvalue weighted by molar-refractivity contribution is 0.570. The monoisotopic (exact) mass is 308 g/mol. The highest BCUT2D eigenvalue weighted by Crippen LogP contribution is 2.19. The van der Waals surface area contributed by atoms with Crippen molar-refractivity contribution in [2.45, 2.75) is 19.5 Å². The average Bonchev–Trinajstić information content (AvgIpc) is 2.38. The molecular formula is C14H14BrFN2. The smallest absolute Gasteiger partial charge is 0.124 e. The van der Waals surface area contributed by atoms with E-state index in [1.54, 1.807) is 12.3 Å².